The number of pyridine rings is 1. The third-order valence-electron chi connectivity index (χ3n) is 3.66. The third-order valence-corrected chi connectivity index (χ3v) is 4.23. The number of alkyl halides is 3. The predicted octanol–water partition coefficient (Wildman–Crippen LogP) is 3.19. The second-order valence-corrected chi connectivity index (χ2v) is 6.46. The minimum absolute atomic E-state index is 0.0543. The van der Waals surface area contributed by atoms with Crippen LogP contribution in [0.2, 0.25) is 0 Å². The lowest BCUT2D eigenvalue weighted by atomic mass is 10.1. The van der Waals surface area contributed by atoms with Crippen molar-refractivity contribution in [1.82, 2.24) is 15.0 Å². The summed E-state index contributed by atoms with van der Waals surface area (Å²) in [4.78, 5) is 11.8. The first-order valence-electron chi connectivity index (χ1n) is 7.55. The standard InChI is InChI=1S/C17H13F3N4O2S/c18-17(19,20)14-6-5-12(7-22-14)15-16(21)23-8-13(24-15)11-3-1-10(2-4-11)9-27(25)26/h1-8H,9H2,(H2,21,23)(H,25,26)/p-1. The molecular formula is C17H12F3N4O2S-. The Labute approximate surface area is 154 Å². The number of benzene rings is 1. The van der Waals surface area contributed by atoms with E-state index in [1.807, 2.05) is 0 Å². The number of nitrogens with two attached hydrogens (primary N) is 1. The van der Waals surface area contributed by atoms with Crippen LogP contribution in [0.15, 0.2) is 48.8 Å². The lowest BCUT2D eigenvalue weighted by Gasteiger charge is -2.10. The van der Waals surface area contributed by atoms with Crippen LogP contribution in [0.4, 0.5) is 19.0 Å². The molecule has 1 aromatic carbocycles. The maximum atomic E-state index is 12.6. The molecule has 6 nitrogen and oxygen atoms in total. The molecule has 0 saturated heterocycles. The molecule has 10 heteroatoms. The molecule has 0 radical (unpaired) electrons. The fraction of sp³-hybridized carbons (Fsp3) is 0.118. The van der Waals surface area contributed by atoms with Gasteiger partial charge in [-0.15, -0.1) is 0 Å². The topological polar surface area (TPSA) is 105 Å². The zero-order valence-corrected chi connectivity index (χ0v) is 14.4. The summed E-state index contributed by atoms with van der Waals surface area (Å²) in [7, 11) is 0. The summed E-state index contributed by atoms with van der Waals surface area (Å²) in [6.45, 7) is 0. The van der Waals surface area contributed by atoms with Crippen LogP contribution in [-0.2, 0) is 23.0 Å². The highest BCUT2D eigenvalue weighted by Crippen LogP contribution is 2.30. The quantitative estimate of drug-likeness (QED) is 0.683. The van der Waals surface area contributed by atoms with Crippen LogP contribution in [0.25, 0.3) is 22.5 Å². The molecule has 2 N–H and O–H groups in total. The first-order chi connectivity index (χ1) is 12.7. The summed E-state index contributed by atoms with van der Waals surface area (Å²) in [5, 5.41) is 0. The van der Waals surface area contributed by atoms with Gasteiger partial charge in [0, 0.05) is 23.1 Å². The van der Waals surface area contributed by atoms with Crippen LogP contribution in [-0.4, -0.2) is 23.7 Å². The monoisotopic (exact) mass is 393 g/mol. The van der Waals surface area contributed by atoms with Crippen molar-refractivity contribution in [3.63, 3.8) is 0 Å². The van der Waals surface area contributed by atoms with Gasteiger partial charge in [0.05, 0.1) is 11.9 Å². The van der Waals surface area contributed by atoms with Gasteiger partial charge in [-0.1, -0.05) is 35.3 Å². The van der Waals surface area contributed by atoms with Crippen LogP contribution in [0.3, 0.4) is 0 Å². The molecule has 1 atom stereocenters. The van der Waals surface area contributed by atoms with Crippen LogP contribution in [0.1, 0.15) is 11.3 Å². The zero-order valence-electron chi connectivity index (χ0n) is 13.6. The molecule has 27 heavy (non-hydrogen) atoms. The minimum atomic E-state index is -4.53. The van der Waals surface area contributed by atoms with E-state index in [0.29, 0.717) is 22.4 Å². The van der Waals surface area contributed by atoms with Crippen molar-refractivity contribution in [2.45, 2.75) is 11.9 Å². The van der Waals surface area contributed by atoms with E-state index in [4.69, 9.17) is 5.73 Å². The van der Waals surface area contributed by atoms with E-state index in [9.17, 15) is 21.9 Å². The largest absolute Gasteiger partial charge is 0.772 e. The van der Waals surface area contributed by atoms with Gasteiger partial charge in [0.15, 0.2) is 0 Å². The number of nitrogen functional groups attached to an aromatic ring is 1. The van der Waals surface area contributed by atoms with Gasteiger partial charge in [-0.2, -0.15) is 13.2 Å². The smallest absolute Gasteiger partial charge is 0.433 e. The molecule has 2 aromatic heterocycles. The molecule has 0 fully saturated rings. The van der Waals surface area contributed by atoms with Gasteiger partial charge in [-0.3, -0.25) is 9.19 Å². The van der Waals surface area contributed by atoms with Crippen molar-refractivity contribution >= 4 is 16.9 Å². The molecule has 0 aliphatic rings. The van der Waals surface area contributed by atoms with E-state index in [-0.39, 0.29) is 17.3 Å². The number of anilines is 1. The summed E-state index contributed by atoms with van der Waals surface area (Å²) < 4.78 is 59.4. The Morgan fingerprint density at radius 2 is 1.67 bits per heavy atom. The highest BCUT2D eigenvalue weighted by atomic mass is 32.2. The number of halogens is 3. The van der Waals surface area contributed by atoms with E-state index in [1.165, 1.54) is 12.3 Å². The third kappa shape index (κ3) is 4.47. The molecule has 0 aliphatic heterocycles. The van der Waals surface area contributed by atoms with Gasteiger partial charge >= 0.3 is 6.18 Å². The van der Waals surface area contributed by atoms with Gasteiger partial charge < -0.3 is 10.3 Å². The zero-order chi connectivity index (χ0) is 19.6. The summed E-state index contributed by atoms with van der Waals surface area (Å²) >= 11 is -2.19. The number of nitrogens with zero attached hydrogens (tertiary/aromatic N) is 3. The molecule has 0 amide bonds. The Morgan fingerprint density at radius 1 is 1.00 bits per heavy atom. The molecule has 140 valence electrons. The Morgan fingerprint density at radius 3 is 2.22 bits per heavy atom. The molecule has 3 aromatic rings. The van der Waals surface area contributed by atoms with Crippen molar-refractivity contribution in [2.24, 2.45) is 0 Å². The van der Waals surface area contributed by atoms with Crippen LogP contribution < -0.4 is 5.73 Å². The van der Waals surface area contributed by atoms with Crippen molar-refractivity contribution in [3.05, 3.63) is 60.0 Å². The summed E-state index contributed by atoms with van der Waals surface area (Å²) in [5.74, 6) is -0.0467. The van der Waals surface area contributed by atoms with E-state index >= 15 is 0 Å². The first kappa shape index (κ1) is 18.9. The van der Waals surface area contributed by atoms with Crippen molar-refractivity contribution < 1.29 is 21.9 Å². The number of aromatic nitrogens is 3. The molecule has 1 unspecified atom stereocenters. The molecule has 0 saturated carbocycles. The molecule has 0 bridgehead atoms. The number of hydrogen-bond donors (Lipinski definition) is 1. The molecule has 0 spiro atoms. The van der Waals surface area contributed by atoms with Crippen LogP contribution in [0.5, 0.6) is 0 Å². The van der Waals surface area contributed by atoms with Gasteiger partial charge in [-0.25, -0.2) is 9.97 Å². The highest BCUT2D eigenvalue weighted by molar-refractivity contribution is 7.78. The van der Waals surface area contributed by atoms with E-state index in [0.717, 1.165) is 12.3 Å². The lowest BCUT2D eigenvalue weighted by Crippen LogP contribution is -2.07. The van der Waals surface area contributed by atoms with Crippen LogP contribution in [0, 0.1) is 0 Å². The average Bonchev–Trinajstić information content (AvgIpc) is 2.62. The second-order valence-electron chi connectivity index (χ2n) is 5.56. The first-order valence-corrected chi connectivity index (χ1v) is 8.80. The Balaban J connectivity index is 1.94. The van der Waals surface area contributed by atoms with Gasteiger partial charge in [0.25, 0.3) is 0 Å². The normalized spacial score (nSPS) is 12.7. The van der Waals surface area contributed by atoms with E-state index in [2.05, 4.69) is 15.0 Å². The minimum Gasteiger partial charge on any atom is -0.772 e. The average molecular weight is 393 g/mol. The summed E-state index contributed by atoms with van der Waals surface area (Å²) in [5.41, 5.74) is 7.01. The highest BCUT2D eigenvalue weighted by Gasteiger charge is 2.32. The number of hydrogen-bond acceptors (Lipinski definition) is 6. The van der Waals surface area contributed by atoms with E-state index < -0.39 is 23.0 Å². The molecular weight excluding hydrogens is 381 g/mol. The van der Waals surface area contributed by atoms with E-state index in [1.54, 1.807) is 24.3 Å². The second kappa shape index (κ2) is 7.41. The fourth-order valence-corrected chi connectivity index (χ4v) is 2.82. The lowest BCUT2D eigenvalue weighted by molar-refractivity contribution is -0.141. The maximum Gasteiger partial charge on any atom is 0.433 e. The maximum absolute atomic E-state index is 12.6. The Bertz CT molecular complexity index is 977. The van der Waals surface area contributed by atoms with Crippen molar-refractivity contribution in [3.8, 4) is 22.5 Å². The predicted molar refractivity (Wildman–Crippen MR) is 92.7 cm³/mol. The summed E-state index contributed by atoms with van der Waals surface area (Å²) in [6, 6.07) is 8.72. The Hall–Kier alpha value is -2.85. The van der Waals surface area contributed by atoms with Gasteiger partial charge in [0.1, 0.15) is 17.2 Å². The van der Waals surface area contributed by atoms with Crippen molar-refractivity contribution in [2.75, 3.05) is 5.73 Å². The molecule has 0 aliphatic carbocycles. The summed E-state index contributed by atoms with van der Waals surface area (Å²) in [6.07, 6.45) is -2.07. The molecule has 3 rings (SSSR count). The van der Waals surface area contributed by atoms with Gasteiger partial charge in [0.2, 0.25) is 0 Å². The van der Waals surface area contributed by atoms with Gasteiger partial charge in [-0.05, 0) is 17.7 Å². The van der Waals surface area contributed by atoms with Crippen molar-refractivity contribution in [1.29, 1.82) is 0 Å². The fourth-order valence-electron chi connectivity index (χ4n) is 2.36. The number of rotatable bonds is 4. The Kier molecular flexibility index (Phi) is 5.19. The molecule has 2 heterocycles. The van der Waals surface area contributed by atoms with Crippen LogP contribution >= 0.6 is 0 Å². The SMILES string of the molecule is Nc1ncc(-c2ccc(CS(=O)[O-])cc2)nc1-c1ccc(C(F)(F)F)nc1.